The van der Waals surface area contributed by atoms with Gasteiger partial charge in [0, 0.05) is 0 Å². The van der Waals surface area contributed by atoms with E-state index in [2.05, 4.69) is 6.92 Å². The van der Waals surface area contributed by atoms with Crippen molar-refractivity contribution in [3.05, 3.63) is 0 Å². The average Bonchev–Trinajstić information content (AvgIpc) is 2.63. The Labute approximate surface area is 117 Å². The number of carbonyl (C=O) groups excluding carboxylic acids is 1. The smallest absolute Gasteiger partial charge is 0.338 e. The molecule has 3 heteroatoms. The largest absolute Gasteiger partial charge is 0.467 e. The van der Waals surface area contributed by atoms with Gasteiger partial charge in [0.2, 0.25) is 0 Å². The van der Waals surface area contributed by atoms with E-state index in [4.69, 9.17) is 4.74 Å². The predicted molar refractivity (Wildman–Crippen MR) is 76.8 cm³/mol. The molecular weight excluding hydrogens is 240 g/mol. The molecule has 1 fully saturated rings. The van der Waals surface area contributed by atoms with Crippen LogP contribution in [0.2, 0.25) is 0 Å². The van der Waals surface area contributed by atoms with Crippen molar-refractivity contribution in [3.63, 3.8) is 0 Å². The number of esters is 1. The Morgan fingerprint density at radius 1 is 1.32 bits per heavy atom. The lowest BCUT2D eigenvalue weighted by molar-refractivity contribution is -0.176. The van der Waals surface area contributed by atoms with Crippen molar-refractivity contribution in [2.75, 3.05) is 7.11 Å². The fourth-order valence-electron chi connectivity index (χ4n) is 3.55. The van der Waals surface area contributed by atoms with Crippen LogP contribution in [0, 0.1) is 17.8 Å². The summed E-state index contributed by atoms with van der Waals surface area (Å²) in [5, 5.41) is 10.8. The van der Waals surface area contributed by atoms with Gasteiger partial charge in [0.25, 0.3) is 0 Å². The molecule has 3 unspecified atom stereocenters. The molecule has 0 aromatic carbocycles. The molecule has 0 aromatic heterocycles. The minimum absolute atomic E-state index is 0.0433. The summed E-state index contributed by atoms with van der Waals surface area (Å²) in [7, 11) is 1.37. The maximum Gasteiger partial charge on any atom is 0.338 e. The van der Waals surface area contributed by atoms with Crippen LogP contribution in [0.4, 0.5) is 0 Å². The summed E-state index contributed by atoms with van der Waals surface area (Å²) in [5.41, 5.74) is -1.31. The lowest BCUT2D eigenvalue weighted by atomic mass is 9.74. The Balaban J connectivity index is 2.78. The number of ether oxygens (including phenoxy) is 1. The molecule has 0 aromatic rings. The first-order valence-electron chi connectivity index (χ1n) is 7.77. The van der Waals surface area contributed by atoms with E-state index in [1.165, 1.54) is 26.4 Å². The molecule has 0 spiro atoms. The molecular formula is C16H30O3. The van der Waals surface area contributed by atoms with Gasteiger partial charge in [0.05, 0.1) is 7.11 Å². The number of hydrogen-bond acceptors (Lipinski definition) is 3. The van der Waals surface area contributed by atoms with Gasteiger partial charge in [-0.05, 0) is 30.6 Å². The maximum absolute atomic E-state index is 12.0. The van der Waals surface area contributed by atoms with E-state index in [0.717, 1.165) is 31.6 Å². The molecule has 1 rings (SSSR count). The van der Waals surface area contributed by atoms with E-state index in [1.807, 2.05) is 13.8 Å². The maximum atomic E-state index is 12.0. The fourth-order valence-corrected chi connectivity index (χ4v) is 3.55. The second-order valence-corrected chi connectivity index (χ2v) is 6.33. The van der Waals surface area contributed by atoms with Gasteiger partial charge in [-0.2, -0.15) is 0 Å². The molecule has 19 heavy (non-hydrogen) atoms. The molecule has 3 atom stereocenters. The minimum Gasteiger partial charge on any atom is -0.467 e. The van der Waals surface area contributed by atoms with Gasteiger partial charge >= 0.3 is 5.97 Å². The lowest BCUT2D eigenvalue weighted by Gasteiger charge is -2.36. The third-order valence-corrected chi connectivity index (χ3v) is 4.80. The van der Waals surface area contributed by atoms with E-state index >= 15 is 0 Å². The lowest BCUT2D eigenvalue weighted by Crippen LogP contribution is -2.51. The number of methoxy groups -OCH3 is 1. The van der Waals surface area contributed by atoms with Crippen molar-refractivity contribution >= 4 is 5.97 Å². The summed E-state index contributed by atoms with van der Waals surface area (Å²) in [4.78, 5) is 12.0. The summed E-state index contributed by atoms with van der Waals surface area (Å²) >= 11 is 0. The SMILES string of the molecule is CCCC1CCCC(C(O)(C(=O)OC)C(C)C)CC1. The van der Waals surface area contributed by atoms with E-state index in [1.54, 1.807) is 0 Å². The molecule has 3 nitrogen and oxygen atoms in total. The van der Waals surface area contributed by atoms with Crippen molar-refractivity contribution in [1.29, 1.82) is 0 Å². The van der Waals surface area contributed by atoms with Crippen molar-refractivity contribution in [2.45, 2.75) is 71.3 Å². The quantitative estimate of drug-likeness (QED) is 0.614. The van der Waals surface area contributed by atoms with Crippen LogP contribution in [0.1, 0.15) is 65.7 Å². The molecule has 0 saturated heterocycles. The van der Waals surface area contributed by atoms with E-state index in [0.29, 0.717) is 0 Å². The molecule has 1 aliphatic rings. The van der Waals surface area contributed by atoms with Crippen molar-refractivity contribution < 1.29 is 14.6 Å². The highest BCUT2D eigenvalue weighted by molar-refractivity contribution is 5.80. The Hall–Kier alpha value is -0.570. The minimum atomic E-state index is -1.31. The normalized spacial score (nSPS) is 27.7. The highest BCUT2D eigenvalue weighted by Crippen LogP contribution is 2.39. The summed E-state index contributed by atoms with van der Waals surface area (Å²) in [6.07, 6.45) is 7.84. The van der Waals surface area contributed by atoms with Crippen LogP contribution in [0.3, 0.4) is 0 Å². The molecule has 0 aliphatic heterocycles. The first kappa shape index (κ1) is 16.5. The number of rotatable bonds is 5. The van der Waals surface area contributed by atoms with Crippen LogP contribution in [0.25, 0.3) is 0 Å². The molecule has 0 amide bonds. The first-order valence-corrected chi connectivity index (χ1v) is 7.77. The predicted octanol–water partition coefficient (Wildman–Crippen LogP) is 3.54. The van der Waals surface area contributed by atoms with Crippen molar-refractivity contribution in [3.8, 4) is 0 Å². The van der Waals surface area contributed by atoms with Crippen LogP contribution >= 0.6 is 0 Å². The van der Waals surface area contributed by atoms with Crippen LogP contribution in [0.5, 0.6) is 0 Å². The third kappa shape index (κ3) is 3.71. The Bertz CT molecular complexity index is 288. The van der Waals surface area contributed by atoms with Gasteiger partial charge in [-0.25, -0.2) is 4.79 Å². The Kier molecular flexibility index (Phi) is 6.31. The van der Waals surface area contributed by atoms with Gasteiger partial charge in [0.1, 0.15) is 0 Å². The molecule has 0 heterocycles. The second kappa shape index (κ2) is 7.28. The number of aliphatic hydroxyl groups is 1. The zero-order valence-corrected chi connectivity index (χ0v) is 12.9. The Morgan fingerprint density at radius 2 is 2.00 bits per heavy atom. The molecule has 1 aliphatic carbocycles. The van der Waals surface area contributed by atoms with E-state index < -0.39 is 11.6 Å². The van der Waals surface area contributed by atoms with Crippen LogP contribution in [-0.4, -0.2) is 23.8 Å². The third-order valence-electron chi connectivity index (χ3n) is 4.80. The van der Waals surface area contributed by atoms with Crippen molar-refractivity contribution in [2.24, 2.45) is 17.8 Å². The first-order chi connectivity index (χ1) is 8.96. The summed E-state index contributed by atoms with van der Waals surface area (Å²) < 4.78 is 4.86. The van der Waals surface area contributed by atoms with Crippen LogP contribution in [0.15, 0.2) is 0 Å². The van der Waals surface area contributed by atoms with Crippen LogP contribution in [-0.2, 0) is 9.53 Å². The van der Waals surface area contributed by atoms with Gasteiger partial charge in [-0.3, -0.25) is 0 Å². The fraction of sp³-hybridized carbons (Fsp3) is 0.938. The summed E-state index contributed by atoms with van der Waals surface area (Å²) in [6.45, 7) is 6.04. The Morgan fingerprint density at radius 3 is 2.53 bits per heavy atom. The highest BCUT2D eigenvalue weighted by atomic mass is 16.5. The second-order valence-electron chi connectivity index (χ2n) is 6.33. The van der Waals surface area contributed by atoms with Gasteiger partial charge < -0.3 is 9.84 Å². The van der Waals surface area contributed by atoms with Crippen molar-refractivity contribution in [1.82, 2.24) is 0 Å². The summed E-state index contributed by atoms with van der Waals surface area (Å²) in [6, 6.07) is 0. The molecule has 0 bridgehead atoms. The molecule has 112 valence electrons. The standard InChI is InChI=1S/C16H30O3/c1-5-7-13-8-6-9-14(11-10-13)16(18,12(2)3)15(17)19-4/h12-14,18H,5-11H2,1-4H3. The highest BCUT2D eigenvalue weighted by Gasteiger charge is 2.47. The number of carbonyl (C=O) groups is 1. The van der Waals surface area contributed by atoms with Gasteiger partial charge in [0.15, 0.2) is 5.60 Å². The van der Waals surface area contributed by atoms with Gasteiger partial charge in [-0.15, -0.1) is 0 Å². The monoisotopic (exact) mass is 270 g/mol. The zero-order chi connectivity index (χ0) is 14.5. The van der Waals surface area contributed by atoms with Crippen LogP contribution < -0.4 is 0 Å². The number of hydrogen-bond donors (Lipinski definition) is 1. The topological polar surface area (TPSA) is 46.5 Å². The van der Waals surface area contributed by atoms with Gasteiger partial charge in [-0.1, -0.05) is 52.9 Å². The molecule has 1 N–H and O–H groups in total. The summed E-state index contributed by atoms with van der Waals surface area (Å²) in [5.74, 6) is 0.250. The molecule has 1 saturated carbocycles. The van der Waals surface area contributed by atoms with E-state index in [-0.39, 0.29) is 11.8 Å². The molecule has 0 radical (unpaired) electrons. The average molecular weight is 270 g/mol. The zero-order valence-electron chi connectivity index (χ0n) is 12.9. The van der Waals surface area contributed by atoms with E-state index in [9.17, 15) is 9.90 Å².